The monoisotopic (exact) mass is 854 g/mol. The van der Waals surface area contributed by atoms with Crippen molar-refractivity contribution in [3.8, 4) is 17.0 Å². The van der Waals surface area contributed by atoms with E-state index in [1.54, 1.807) is 24.3 Å². The predicted octanol–water partition coefficient (Wildman–Crippen LogP) is 7.05. The molecule has 1 aliphatic carbocycles. The third-order valence-corrected chi connectivity index (χ3v) is 15.2. The Hall–Kier alpha value is -4.79. The number of amides is 1. The van der Waals surface area contributed by atoms with E-state index in [2.05, 4.69) is 9.47 Å². The van der Waals surface area contributed by atoms with Gasteiger partial charge >= 0.3 is 0 Å². The Kier molecular flexibility index (Phi) is 12.3. The minimum absolute atomic E-state index is 0.0716. The standard InChI is InChI=1S/C46H54N4O8S2/c1-59(54,55)48-25-23-47(24-26-48)41-21-17-37(49-22-9-13-44(49)53)28-36(41)31-58-39-18-14-34(15-19-39)46-45(33-10-5-4-6-11-33)40-20-16-35-29-42(40)50(46)30-38(51)12-7-2-3-8-27-60(56,57)32-43(35)52/h3,8,14-21,28-29,33H,2,4-7,9-13,22-27,30-32H2,1H3/b8-3-. The summed E-state index contributed by atoms with van der Waals surface area (Å²) in [7, 11) is -6.94. The van der Waals surface area contributed by atoms with Crippen LogP contribution in [0.4, 0.5) is 11.4 Å². The molecule has 2 saturated heterocycles. The minimum Gasteiger partial charge on any atom is -0.489 e. The van der Waals surface area contributed by atoms with E-state index in [0.29, 0.717) is 69.7 Å². The second-order valence-electron chi connectivity index (χ2n) is 16.7. The second kappa shape index (κ2) is 17.7. The number of piperazine rings is 1. The highest BCUT2D eigenvalue weighted by Gasteiger charge is 2.30. The molecule has 318 valence electrons. The third-order valence-electron chi connectivity index (χ3n) is 12.5. The average Bonchev–Trinajstić information content (AvgIpc) is 3.81. The topological polar surface area (TPSA) is 143 Å². The number of allylic oxidation sites excluding steroid dienone is 1. The number of hydrogen-bond donors (Lipinski definition) is 0. The SMILES string of the molecule is CS(=O)(=O)N1CCN(c2ccc(N3CCCC3=O)cc2COc2ccc(-c3c(C4CCCCC4)c4ccc5cc4n3CC(=O)CCC/C=C\CS(=O)(=O)CC5=O)cc2)CC1. The molecule has 1 amide bonds. The summed E-state index contributed by atoms with van der Waals surface area (Å²) < 4.78 is 60.3. The highest BCUT2D eigenvalue weighted by atomic mass is 32.2. The summed E-state index contributed by atoms with van der Waals surface area (Å²) in [6.07, 6.45) is 12.9. The predicted molar refractivity (Wildman–Crippen MR) is 235 cm³/mol. The Morgan fingerprint density at radius 2 is 1.53 bits per heavy atom. The zero-order valence-corrected chi connectivity index (χ0v) is 35.9. The molecule has 12 nitrogen and oxygen atoms in total. The van der Waals surface area contributed by atoms with Gasteiger partial charge in [0.15, 0.2) is 21.4 Å². The molecule has 0 unspecified atom stereocenters. The highest BCUT2D eigenvalue weighted by molar-refractivity contribution is 7.92. The van der Waals surface area contributed by atoms with Gasteiger partial charge in [-0.1, -0.05) is 43.5 Å². The van der Waals surface area contributed by atoms with Gasteiger partial charge in [0.1, 0.15) is 18.1 Å². The summed E-state index contributed by atoms with van der Waals surface area (Å²) in [4.78, 5) is 43.9. The van der Waals surface area contributed by atoms with E-state index in [1.807, 2.05) is 53.4 Å². The van der Waals surface area contributed by atoms with Crippen LogP contribution in [-0.2, 0) is 42.6 Å². The van der Waals surface area contributed by atoms with Crippen LogP contribution in [0.25, 0.3) is 22.2 Å². The van der Waals surface area contributed by atoms with Gasteiger partial charge in [-0.3, -0.25) is 14.4 Å². The third kappa shape index (κ3) is 9.25. The molecule has 3 aliphatic heterocycles. The van der Waals surface area contributed by atoms with E-state index >= 15 is 0 Å². The quantitative estimate of drug-likeness (QED) is 0.171. The van der Waals surface area contributed by atoms with Gasteiger partial charge in [0.05, 0.1) is 24.2 Å². The van der Waals surface area contributed by atoms with E-state index < -0.39 is 31.4 Å². The first kappa shape index (κ1) is 41.9. The van der Waals surface area contributed by atoms with Crippen LogP contribution in [-0.4, -0.2) is 93.7 Å². The average molecular weight is 855 g/mol. The number of anilines is 2. The van der Waals surface area contributed by atoms with Crippen molar-refractivity contribution in [1.82, 2.24) is 8.87 Å². The largest absolute Gasteiger partial charge is 0.489 e. The van der Waals surface area contributed by atoms with Gasteiger partial charge in [-0.15, -0.1) is 0 Å². The van der Waals surface area contributed by atoms with Gasteiger partial charge in [0.2, 0.25) is 15.9 Å². The summed E-state index contributed by atoms with van der Waals surface area (Å²) in [6.45, 7) is 2.85. The number of ketones is 2. The number of rotatable bonds is 8. The zero-order valence-electron chi connectivity index (χ0n) is 34.3. The van der Waals surface area contributed by atoms with E-state index in [-0.39, 0.29) is 36.5 Å². The number of aromatic nitrogens is 1. The molecule has 3 fully saturated rings. The van der Waals surface area contributed by atoms with E-state index in [1.165, 1.54) is 17.0 Å². The summed E-state index contributed by atoms with van der Waals surface area (Å²) in [5.41, 5.74) is 6.75. The fraction of sp³-hybridized carbons (Fsp3) is 0.457. The first-order valence-corrected chi connectivity index (χ1v) is 24.9. The van der Waals surface area contributed by atoms with Crippen LogP contribution in [0.2, 0.25) is 0 Å². The van der Waals surface area contributed by atoms with Gasteiger partial charge in [-0.05, 0) is 97.7 Å². The summed E-state index contributed by atoms with van der Waals surface area (Å²) >= 11 is 0. The first-order chi connectivity index (χ1) is 28.8. The number of carbonyl (C=O) groups is 3. The van der Waals surface area contributed by atoms with Gasteiger partial charge in [0.25, 0.3) is 0 Å². The molecule has 2 bridgehead atoms. The van der Waals surface area contributed by atoms with Crippen LogP contribution in [0.15, 0.2) is 72.8 Å². The summed E-state index contributed by atoms with van der Waals surface area (Å²) in [5.74, 6) is -0.182. The number of Topliss-reactive ketones (excluding diaryl/α,β-unsaturated/α-hetero) is 2. The molecular formula is C46H54N4O8S2. The van der Waals surface area contributed by atoms with Crippen molar-refractivity contribution in [2.24, 2.45) is 0 Å². The maximum absolute atomic E-state index is 13.7. The lowest BCUT2D eigenvalue weighted by Crippen LogP contribution is -2.48. The van der Waals surface area contributed by atoms with Crippen LogP contribution >= 0.6 is 0 Å². The molecule has 60 heavy (non-hydrogen) atoms. The Labute approximate surface area is 353 Å². The smallest absolute Gasteiger partial charge is 0.227 e. The van der Waals surface area contributed by atoms with Gasteiger partial charge in [0, 0.05) is 79.0 Å². The van der Waals surface area contributed by atoms with E-state index in [9.17, 15) is 31.2 Å². The van der Waals surface area contributed by atoms with Crippen molar-refractivity contribution in [2.45, 2.75) is 83.3 Å². The molecule has 0 N–H and O–H groups in total. The molecule has 4 heterocycles. The zero-order chi connectivity index (χ0) is 42.0. The Bertz CT molecular complexity index is 2530. The van der Waals surface area contributed by atoms with Crippen molar-refractivity contribution in [2.75, 3.05) is 60.3 Å². The van der Waals surface area contributed by atoms with E-state index in [0.717, 1.165) is 76.8 Å². The van der Waals surface area contributed by atoms with Crippen LogP contribution in [0.3, 0.4) is 0 Å². The van der Waals surface area contributed by atoms with Crippen molar-refractivity contribution in [1.29, 1.82) is 0 Å². The van der Waals surface area contributed by atoms with Crippen molar-refractivity contribution in [3.63, 3.8) is 0 Å². The molecule has 14 heteroatoms. The number of sulfone groups is 1. The number of nitrogens with zero attached hydrogens (tertiary/aromatic N) is 4. The molecule has 1 saturated carbocycles. The molecule has 0 radical (unpaired) electrons. The number of fused-ring (bicyclic) bond motifs is 1. The number of sulfonamides is 1. The fourth-order valence-electron chi connectivity index (χ4n) is 9.39. The molecule has 4 aliphatic rings. The van der Waals surface area contributed by atoms with Crippen molar-refractivity contribution >= 4 is 59.6 Å². The lowest BCUT2D eigenvalue weighted by Gasteiger charge is -2.36. The van der Waals surface area contributed by atoms with E-state index in [4.69, 9.17) is 4.74 Å². The molecule has 1 aromatic heterocycles. The van der Waals surface area contributed by atoms with Crippen LogP contribution < -0.4 is 14.5 Å². The highest BCUT2D eigenvalue weighted by Crippen LogP contribution is 2.45. The first-order valence-electron chi connectivity index (χ1n) is 21.3. The fourth-order valence-corrected chi connectivity index (χ4v) is 11.3. The van der Waals surface area contributed by atoms with Crippen molar-refractivity contribution < 1.29 is 36.0 Å². The van der Waals surface area contributed by atoms with Gasteiger partial charge < -0.3 is 19.1 Å². The Balaban J connectivity index is 1.13. The molecule has 3 aromatic carbocycles. The molecule has 0 atom stereocenters. The summed E-state index contributed by atoms with van der Waals surface area (Å²) in [6, 6.07) is 19.4. The molecule has 4 aromatic rings. The summed E-state index contributed by atoms with van der Waals surface area (Å²) in [5, 5.41) is 0.983. The normalized spacial score (nSPS) is 20.7. The lowest BCUT2D eigenvalue weighted by molar-refractivity contribution is -0.119. The molecule has 8 rings (SSSR count). The maximum atomic E-state index is 13.7. The number of hydrogen-bond acceptors (Lipinski definition) is 9. The van der Waals surface area contributed by atoms with Crippen LogP contribution in [0.5, 0.6) is 5.75 Å². The number of benzene rings is 3. The number of carbonyl (C=O) groups excluding carboxylic acids is 3. The van der Waals surface area contributed by atoms with Gasteiger partial charge in [-0.25, -0.2) is 16.8 Å². The van der Waals surface area contributed by atoms with Crippen LogP contribution in [0, 0.1) is 0 Å². The van der Waals surface area contributed by atoms with Crippen molar-refractivity contribution in [3.05, 3.63) is 89.5 Å². The lowest BCUT2D eigenvalue weighted by atomic mass is 9.81. The minimum atomic E-state index is -3.65. The number of ether oxygens (including phenoxy) is 1. The molecular weight excluding hydrogens is 801 g/mol. The maximum Gasteiger partial charge on any atom is 0.227 e. The Morgan fingerprint density at radius 1 is 0.783 bits per heavy atom. The van der Waals surface area contributed by atoms with Gasteiger partial charge in [-0.2, -0.15) is 4.31 Å². The molecule has 0 spiro atoms. The van der Waals surface area contributed by atoms with Crippen LogP contribution in [0.1, 0.15) is 91.6 Å². The second-order valence-corrected chi connectivity index (χ2v) is 20.8. The Morgan fingerprint density at radius 3 is 2.25 bits per heavy atom.